The molecule has 0 aromatic heterocycles. The molecule has 0 saturated carbocycles. The Morgan fingerprint density at radius 1 is 1.00 bits per heavy atom. The van der Waals surface area contributed by atoms with Crippen molar-refractivity contribution in [3.05, 3.63) is 89.7 Å². The zero-order valence-corrected chi connectivity index (χ0v) is 12.2. The van der Waals surface area contributed by atoms with Crippen LogP contribution in [-0.4, -0.2) is 18.0 Å². The number of benzene rings is 2. The van der Waals surface area contributed by atoms with E-state index in [0.717, 1.165) is 11.1 Å². The number of nitrogens with one attached hydrogen (secondary N) is 1. The van der Waals surface area contributed by atoms with Crippen molar-refractivity contribution in [2.75, 3.05) is 7.11 Å². The number of ether oxygens (including phenoxy) is 1. The molecule has 1 N–H and O–H groups in total. The zero-order valence-electron chi connectivity index (χ0n) is 12.2. The summed E-state index contributed by atoms with van der Waals surface area (Å²) in [4.78, 5) is 13.1. The molecule has 0 amide bonds. The maximum Gasteiger partial charge on any atom is 0.212 e. The van der Waals surface area contributed by atoms with Gasteiger partial charge in [-0.2, -0.15) is 0 Å². The molecule has 4 nitrogen and oxygen atoms in total. The lowest BCUT2D eigenvalue weighted by molar-refractivity contribution is 0.169. The summed E-state index contributed by atoms with van der Waals surface area (Å²) < 4.78 is 5.40. The van der Waals surface area contributed by atoms with E-state index in [1.165, 1.54) is 0 Å². The highest BCUT2D eigenvalue weighted by Gasteiger charge is 2.32. The largest absolute Gasteiger partial charge is 0.481 e. The second-order valence-electron chi connectivity index (χ2n) is 4.88. The van der Waals surface area contributed by atoms with Gasteiger partial charge in [-0.15, -0.1) is 0 Å². The average molecular weight is 292 g/mol. The third-order valence-corrected chi connectivity index (χ3v) is 3.61. The van der Waals surface area contributed by atoms with E-state index in [4.69, 9.17) is 4.74 Å². The minimum absolute atomic E-state index is 0.167. The minimum Gasteiger partial charge on any atom is -0.481 e. The van der Waals surface area contributed by atoms with E-state index in [1.54, 1.807) is 13.3 Å². The summed E-state index contributed by atoms with van der Waals surface area (Å²) >= 11 is 0. The number of hydrogen-bond acceptors (Lipinski definition) is 4. The van der Waals surface area contributed by atoms with Crippen molar-refractivity contribution in [1.82, 2.24) is 10.2 Å². The molecule has 0 aliphatic carbocycles. The Bertz CT molecular complexity index is 680. The van der Waals surface area contributed by atoms with Gasteiger partial charge in [-0.1, -0.05) is 60.7 Å². The molecule has 1 aliphatic heterocycles. The lowest BCUT2D eigenvalue weighted by Crippen LogP contribution is -2.29. The van der Waals surface area contributed by atoms with Gasteiger partial charge in [-0.25, -0.2) is 4.79 Å². The quantitative estimate of drug-likeness (QED) is 0.880. The smallest absolute Gasteiger partial charge is 0.212 e. The van der Waals surface area contributed by atoms with Crippen LogP contribution in [0.2, 0.25) is 0 Å². The van der Waals surface area contributed by atoms with Gasteiger partial charge in [-0.05, 0) is 11.1 Å². The van der Waals surface area contributed by atoms with Gasteiger partial charge < -0.3 is 10.1 Å². The average Bonchev–Trinajstić information content (AvgIpc) is 3.00. The maximum atomic E-state index is 11.3. The van der Waals surface area contributed by atoms with Crippen molar-refractivity contribution >= 4 is 5.94 Å². The molecular weight excluding hydrogens is 276 g/mol. The summed E-state index contributed by atoms with van der Waals surface area (Å²) in [5, 5.41) is 2.91. The fraction of sp³-hybridized carbons (Fsp3) is 0.111. The first-order valence-corrected chi connectivity index (χ1v) is 7.00. The summed E-state index contributed by atoms with van der Waals surface area (Å²) in [6.45, 7) is 0. The predicted octanol–water partition coefficient (Wildman–Crippen LogP) is 2.80. The van der Waals surface area contributed by atoms with Crippen LogP contribution >= 0.6 is 0 Å². The molecular formula is C18H16N2O2. The summed E-state index contributed by atoms with van der Waals surface area (Å²) in [7, 11) is 1.58. The van der Waals surface area contributed by atoms with Gasteiger partial charge in [0.25, 0.3) is 0 Å². The highest BCUT2D eigenvalue weighted by molar-refractivity contribution is 5.55. The van der Waals surface area contributed by atoms with Gasteiger partial charge >= 0.3 is 0 Å². The molecule has 0 unspecified atom stereocenters. The molecule has 3 rings (SSSR count). The van der Waals surface area contributed by atoms with Gasteiger partial charge in [0.2, 0.25) is 11.7 Å². The van der Waals surface area contributed by atoms with E-state index >= 15 is 0 Å². The van der Waals surface area contributed by atoms with Crippen molar-refractivity contribution in [2.45, 2.75) is 6.04 Å². The SMILES string of the molecule is COC1=CNC(=C=O)N1C(c1ccccc1)c1ccccc1. The van der Waals surface area contributed by atoms with E-state index in [1.807, 2.05) is 71.5 Å². The molecule has 4 heteroatoms. The van der Waals surface area contributed by atoms with Crippen LogP contribution in [0.4, 0.5) is 0 Å². The number of rotatable bonds is 4. The van der Waals surface area contributed by atoms with Crippen LogP contribution < -0.4 is 5.32 Å². The molecule has 0 atom stereocenters. The standard InChI is InChI=1S/C18H16N2O2/c1-22-17-12-19-16(13-21)20(17)18(14-8-4-2-5-9-14)15-10-6-3-7-11-15/h2-12,18-19H,1H3. The third kappa shape index (κ3) is 2.48. The number of hydrogen-bond donors (Lipinski definition) is 1. The molecule has 22 heavy (non-hydrogen) atoms. The van der Waals surface area contributed by atoms with Gasteiger partial charge in [0.15, 0.2) is 5.94 Å². The highest BCUT2D eigenvalue weighted by Crippen LogP contribution is 2.35. The van der Waals surface area contributed by atoms with Crippen molar-refractivity contribution in [2.24, 2.45) is 0 Å². The van der Waals surface area contributed by atoms with Crippen LogP contribution in [0.5, 0.6) is 0 Å². The van der Waals surface area contributed by atoms with Gasteiger partial charge in [0.1, 0.15) is 0 Å². The Kier molecular flexibility index (Phi) is 3.95. The number of carbonyl (C=O) groups excluding carboxylic acids is 1. The van der Waals surface area contributed by atoms with E-state index in [9.17, 15) is 4.79 Å². The topological polar surface area (TPSA) is 41.6 Å². The summed E-state index contributed by atoms with van der Waals surface area (Å²) in [5.74, 6) is 2.87. The fourth-order valence-electron chi connectivity index (χ4n) is 2.63. The maximum absolute atomic E-state index is 11.3. The fourth-order valence-corrected chi connectivity index (χ4v) is 2.63. The molecule has 0 saturated heterocycles. The minimum atomic E-state index is -0.167. The zero-order chi connectivity index (χ0) is 15.4. The van der Waals surface area contributed by atoms with E-state index in [2.05, 4.69) is 5.32 Å². The highest BCUT2D eigenvalue weighted by atomic mass is 16.5. The lowest BCUT2D eigenvalue weighted by Gasteiger charge is -2.30. The van der Waals surface area contributed by atoms with Crippen LogP contribution in [0.25, 0.3) is 0 Å². The normalized spacial score (nSPS) is 13.6. The first-order chi connectivity index (χ1) is 10.8. The second-order valence-corrected chi connectivity index (χ2v) is 4.88. The molecule has 1 aliphatic rings. The van der Waals surface area contributed by atoms with E-state index < -0.39 is 0 Å². The monoisotopic (exact) mass is 292 g/mol. The van der Waals surface area contributed by atoms with Gasteiger partial charge in [0.05, 0.1) is 19.4 Å². The molecule has 0 spiro atoms. The predicted molar refractivity (Wildman–Crippen MR) is 84.0 cm³/mol. The molecule has 1 heterocycles. The summed E-state index contributed by atoms with van der Waals surface area (Å²) in [6, 6.07) is 19.8. The van der Waals surface area contributed by atoms with E-state index in [0.29, 0.717) is 11.7 Å². The van der Waals surface area contributed by atoms with Crippen LogP contribution in [0.3, 0.4) is 0 Å². The molecule has 2 aromatic carbocycles. The number of methoxy groups -OCH3 is 1. The van der Waals surface area contributed by atoms with Crippen molar-refractivity contribution in [3.63, 3.8) is 0 Å². The Labute approximate surface area is 129 Å². The van der Waals surface area contributed by atoms with E-state index in [-0.39, 0.29) is 6.04 Å². The Hall–Kier alpha value is -2.97. The first-order valence-electron chi connectivity index (χ1n) is 7.00. The van der Waals surface area contributed by atoms with Crippen molar-refractivity contribution < 1.29 is 9.53 Å². The lowest BCUT2D eigenvalue weighted by atomic mass is 9.97. The van der Waals surface area contributed by atoms with Gasteiger partial charge in [0, 0.05) is 0 Å². The summed E-state index contributed by atoms with van der Waals surface area (Å²) in [5.41, 5.74) is 2.13. The number of nitrogens with zero attached hydrogens (tertiary/aromatic N) is 1. The third-order valence-electron chi connectivity index (χ3n) is 3.61. The second kappa shape index (κ2) is 6.20. The summed E-state index contributed by atoms with van der Waals surface area (Å²) in [6.07, 6.45) is 1.67. The van der Waals surface area contributed by atoms with Crippen LogP contribution in [0, 0.1) is 0 Å². The van der Waals surface area contributed by atoms with Crippen molar-refractivity contribution in [1.29, 1.82) is 0 Å². The van der Waals surface area contributed by atoms with Crippen molar-refractivity contribution in [3.8, 4) is 0 Å². The molecule has 2 aromatic rings. The Morgan fingerprint density at radius 3 is 2.00 bits per heavy atom. The Balaban J connectivity index is 2.14. The van der Waals surface area contributed by atoms with Crippen LogP contribution in [-0.2, 0) is 9.53 Å². The molecule has 0 fully saturated rings. The Morgan fingerprint density at radius 2 is 1.55 bits per heavy atom. The van der Waals surface area contributed by atoms with Gasteiger partial charge in [-0.3, -0.25) is 4.90 Å². The van der Waals surface area contributed by atoms with Crippen LogP contribution in [0.1, 0.15) is 17.2 Å². The van der Waals surface area contributed by atoms with Crippen LogP contribution in [0.15, 0.2) is 78.6 Å². The molecule has 0 radical (unpaired) electrons. The first kappa shape index (κ1) is 14.0. The molecule has 110 valence electrons. The molecule has 0 bridgehead atoms.